The Hall–Kier alpha value is -0.670. The second kappa shape index (κ2) is 5.98. The molecule has 1 aromatic heterocycles. The third-order valence-electron chi connectivity index (χ3n) is 2.83. The van der Waals surface area contributed by atoms with E-state index in [0.29, 0.717) is 26.2 Å². The lowest BCUT2D eigenvalue weighted by molar-refractivity contribution is -0.138. The van der Waals surface area contributed by atoms with Gasteiger partial charge in [-0.15, -0.1) is 11.3 Å². The van der Waals surface area contributed by atoms with E-state index in [9.17, 15) is 9.59 Å². The summed E-state index contributed by atoms with van der Waals surface area (Å²) in [5.74, 6) is -0.772. The van der Waals surface area contributed by atoms with Gasteiger partial charge in [0, 0.05) is 31.6 Å². The number of thiophene rings is 1. The van der Waals surface area contributed by atoms with Crippen LogP contribution in [0.5, 0.6) is 0 Å². The molecular weight excluding hydrogens is 367 g/mol. The number of amides is 1. The molecule has 1 fully saturated rings. The van der Waals surface area contributed by atoms with Gasteiger partial charge in [-0.2, -0.15) is 0 Å². The fourth-order valence-corrected chi connectivity index (χ4v) is 3.23. The predicted octanol–water partition coefficient (Wildman–Crippen LogP) is 1.20. The van der Waals surface area contributed by atoms with Crippen molar-refractivity contribution in [2.24, 2.45) is 0 Å². The second-order valence-corrected chi connectivity index (χ2v) is 6.91. The normalized spacial score (nSPS) is 16.8. The van der Waals surface area contributed by atoms with Crippen molar-refractivity contribution >= 4 is 45.8 Å². The molecule has 98 valence electrons. The van der Waals surface area contributed by atoms with E-state index in [1.165, 1.54) is 0 Å². The van der Waals surface area contributed by atoms with E-state index in [4.69, 9.17) is 5.11 Å². The number of carbonyl (C=O) groups excluding carboxylic acids is 1. The molecule has 18 heavy (non-hydrogen) atoms. The quantitative estimate of drug-likeness (QED) is 0.801. The van der Waals surface area contributed by atoms with Gasteiger partial charge < -0.3 is 10.0 Å². The molecule has 1 N–H and O–H groups in total. The summed E-state index contributed by atoms with van der Waals surface area (Å²) in [6, 6.07) is 1.89. The predicted molar refractivity (Wildman–Crippen MR) is 77.0 cm³/mol. The van der Waals surface area contributed by atoms with E-state index in [1.807, 2.05) is 16.3 Å². The fraction of sp³-hybridized carbons (Fsp3) is 0.455. The number of hydrogen-bond acceptors (Lipinski definition) is 4. The van der Waals surface area contributed by atoms with E-state index >= 15 is 0 Å². The van der Waals surface area contributed by atoms with Crippen LogP contribution in [0.25, 0.3) is 0 Å². The van der Waals surface area contributed by atoms with Crippen LogP contribution in [-0.4, -0.2) is 59.5 Å². The van der Waals surface area contributed by atoms with E-state index in [-0.39, 0.29) is 12.5 Å². The van der Waals surface area contributed by atoms with Gasteiger partial charge in [0.1, 0.15) is 0 Å². The van der Waals surface area contributed by atoms with Crippen molar-refractivity contribution in [2.75, 3.05) is 32.7 Å². The van der Waals surface area contributed by atoms with E-state index in [0.717, 1.165) is 8.45 Å². The lowest BCUT2D eigenvalue weighted by atomic mass is 10.2. The first-order valence-electron chi connectivity index (χ1n) is 5.53. The van der Waals surface area contributed by atoms with Crippen LogP contribution in [0.4, 0.5) is 0 Å². The van der Waals surface area contributed by atoms with Gasteiger partial charge in [-0.1, -0.05) is 0 Å². The zero-order valence-electron chi connectivity index (χ0n) is 9.63. The number of carbonyl (C=O) groups is 2. The maximum absolute atomic E-state index is 12.1. The third-order valence-corrected chi connectivity index (χ3v) is 4.62. The highest BCUT2D eigenvalue weighted by Gasteiger charge is 2.23. The van der Waals surface area contributed by atoms with E-state index in [1.54, 1.807) is 16.2 Å². The molecule has 2 rings (SSSR count). The topological polar surface area (TPSA) is 60.9 Å². The molecule has 5 nitrogen and oxygen atoms in total. The average molecular weight is 380 g/mol. The summed E-state index contributed by atoms with van der Waals surface area (Å²) < 4.78 is 1.10. The van der Waals surface area contributed by atoms with E-state index < -0.39 is 5.97 Å². The minimum atomic E-state index is -0.817. The van der Waals surface area contributed by atoms with Gasteiger partial charge in [0.25, 0.3) is 5.91 Å². The second-order valence-electron chi connectivity index (χ2n) is 4.10. The molecule has 0 radical (unpaired) electrons. The molecule has 0 bridgehead atoms. The SMILES string of the molecule is O=C(O)CN1CCN(C(=O)c2csc(I)c2)CC1. The standard InChI is InChI=1S/C11H13IN2O3S/c12-9-5-8(7-18-9)11(17)14-3-1-13(2-4-14)6-10(15)16/h5,7H,1-4,6H2,(H,15,16). The van der Waals surface area contributed by atoms with Crippen molar-refractivity contribution in [3.63, 3.8) is 0 Å². The molecule has 0 spiro atoms. The smallest absolute Gasteiger partial charge is 0.317 e. The Morgan fingerprint density at radius 1 is 1.33 bits per heavy atom. The fourth-order valence-electron chi connectivity index (χ4n) is 1.91. The molecule has 0 saturated carbocycles. The molecule has 1 aromatic rings. The number of carboxylic acids is 1. The highest BCUT2D eigenvalue weighted by molar-refractivity contribution is 14.1. The first-order chi connectivity index (χ1) is 8.56. The first-order valence-corrected chi connectivity index (χ1v) is 7.49. The molecule has 1 aliphatic heterocycles. The zero-order valence-corrected chi connectivity index (χ0v) is 12.6. The first kappa shape index (κ1) is 13.8. The van der Waals surface area contributed by atoms with Crippen molar-refractivity contribution in [1.29, 1.82) is 0 Å². The largest absolute Gasteiger partial charge is 0.480 e. The summed E-state index contributed by atoms with van der Waals surface area (Å²) in [6.45, 7) is 2.49. The summed E-state index contributed by atoms with van der Waals surface area (Å²) in [5, 5.41) is 10.6. The van der Waals surface area contributed by atoms with Crippen LogP contribution in [0.3, 0.4) is 0 Å². The molecule has 1 saturated heterocycles. The van der Waals surface area contributed by atoms with Gasteiger partial charge in [0.05, 0.1) is 15.0 Å². The van der Waals surface area contributed by atoms with Crippen molar-refractivity contribution < 1.29 is 14.7 Å². The molecule has 0 atom stereocenters. The van der Waals surface area contributed by atoms with Crippen molar-refractivity contribution in [1.82, 2.24) is 9.80 Å². The number of piperazine rings is 1. The van der Waals surface area contributed by atoms with Gasteiger partial charge in [-0.25, -0.2) is 0 Å². The van der Waals surface area contributed by atoms with Gasteiger partial charge in [0.2, 0.25) is 0 Å². The molecule has 0 aromatic carbocycles. The Balaban J connectivity index is 1.90. The Bertz CT molecular complexity index is 455. The molecule has 7 heteroatoms. The highest BCUT2D eigenvalue weighted by atomic mass is 127. The van der Waals surface area contributed by atoms with Crippen LogP contribution in [0, 0.1) is 2.88 Å². The lowest BCUT2D eigenvalue weighted by Crippen LogP contribution is -2.49. The summed E-state index contributed by atoms with van der Waals surface area (Å²) in [4.78, 5) is 26.4. The number of hydrogen-bond donors (Lipinski definition) is 1. The van der Waals surface area contributed by atoms with Gasteiger partial charge in [0.15, 0.2) is 0 Å². The molecule has 1 amide bonds. The van der Waals surface area contributed by atoms with Gasteiger partial charge in [-0.3, -0.25) is 14.5 Å². The Kier molecular flexibility index (Phi) is 4.57. The Labute approximate surface area is 123 Å². The van der Waals surface area contributed by atoms with Crippen molar-refractivity contribution in [3.05, 3.63) is 19.9 Å². The third kappa shape index (κ3) is 3.42. The van der Waals surface area contributed by atoms with Crippen LogP contribution in [0.2, 0.25) is 0 Å². The summed E-state index contributed by atoms with van der Waals surface area (Å²) in [7, 11) is 0. The lowest BCUT2D eigenvalue weighted by Gasteiger charge is -2.33. The summed E-state index contributed by atoms with van der Waals surface area (Å²) >= 11 is 3.75. The van der Waals surface area contributed by atoms with Crippen molar-refractivity contribution in [2.45, 2.75) is 0 Å². The molecule has 1 aliphatic rings. The number of carboxylic acid groups (broad SMARTS) is 1. The minimum absolute atomic E-state index is 0.0455. The highest BCUT2D eigenvalue weighted by Crippen LogP contribution is 2.18. The molecule has 0 aliphatic carbocycles. The molecule has 2 heterocycles. The number of rotatable bonds is 3. The molecular formula is C11H13IN2O3S. The van der Waals surface area contributed by atoms with Gasteiger partial charge in [-0.05, 0) is 28.7 Å². The van der Waals surface area contributed by atoms with Crippen LogP contribution >= 0.6 is 33.9 Å². The van der Waals surface area contributed by atoms with Crippen LogP contribution < -0.4 is 0 Å². The Morgan fingerprint density at radius 2 is 2.00 bits per heavy atom. The van der Waals surface area contributed by atoms with Crippen molar-refractivity contribution in [3.8, 4) is 0 Å². The van der Waals surface area contributed by atoms with Crippen LogP contribution in [0.15, 0.2) is 11.4 Å². The maximum Gasteiger partial charge on any atom is 0.317 e. The summed E-state index contributed by atoms with van der Waals surface area (Å²) in [5.41, 5.74) is 0.732. The maximum atomic E-state index is 12.1. The summed E-state index contributed by atoms with van der Waals surface area (Å²) in [6.07, 6.45) is 0. The monoisotopic (exact) mass is 380 g/mol. The number of nitrogens with zero attached hydrogens (tertiary/aromatic N) is 2. The van der Waals surface area contributed by atoms with E-state index in [2.05, 4.69) is 22.6 Å². The minimum Gasteiger partial charge on any atom is -0.480 e. The molecule has 0 unspecified atom stereocenters. The van der Waals surface area contributed by atoms with Gasteiger partial charge >= 0.3 is 5.97 Å². The number of aliphatic carboxylic acids is 1. The average Bonchev–Trinajstić information content (AvgIpc) is 2.75. The van der Waals surface area contributed by atoms with Crippen LogP contribution in [0.1, 0.15) is 10.4 Å². The Morgan fingerprint density at radius 3 is 2.50 bits per heavy atom. The number of halogens is 1. The zero-order chi connectivity index (χ0) is 13.1. The van der Waals surface area contributed by atoms with Crippen LogP contribution in [-0.2, 0) is 4.79 Å².